The quantitative estimate of drug-likeness (QED) is 0.772. The van der Waals surface area contributed by atoms with Crippen LogP contribution in [0, 0.1) is 0 Å². The number of rotatable bonds is 2. The van der Waals surface area contributed by atoms with Gasteiger partial charge in [-0.2, -0.15) is 0 Å². The summed E-state index contributed by atoms with van der Waals surface area (Å²) in [6, 6.07) is 3.17. The molecular formula is C12H17BN2O3. The topological polar surface area (TPSA) is 74.4 Å². The molecule has 1 aliphatic heterocycles. The number of nitrogens with zero attached hydrogens (tertiary/aromatic N) is 1. The third-order valence-corrected chi connectivity index (χ3v) is 3.56. The number of nitrogens with two attached hydrogens (primary N) is 1. The summed E-state index contributed by atoms with van der Waals surface area (Å²) in [5.74, 6) is -0.491. The van der Waals surface area contributed by atoms with Crippen molar-refractivity contribution < 1.29 is 14.1 Å². The van der Waals surface area contributed by atoms with Gasteiger partial charge >= 0.3 is 7.12 Å². The number of hydrogen-bond donors (Lipinski definition) is 1. The molecule has 0 unspecified atom stereocenters. The lowest BCUT2D eigenvalue weighted by molar-refractivity contribution is 0.00578. The Labute approximate surface area is 107 Å². The molecule has 0 saturated carbocycles. The van der Waals surface area contributed by atoms with Gasteiger partial charge in [0.25, 0.3) is 0 Å². The van der Waals surface area contributed by atoms with Gasteiger partial charge in [-0.1, -0.05) is 0 Å². The molecule has 1 aromatic heterocycles. The SMILES string of the molecule is CC1(C)OB(c2cc(C(N)=O)ccn2)OC1(C)C. The number of carbonyl (C=O) groups is 1. The average molecular weight is 248 g/mol. The van der Waals surface area contributed by atoms with E-state index in [-0.39, 0.29) is 0 Å². The molecular weight excluding hydrogens is 231 g/mol. The van der Waals surface area contributed by atoms with Gasteiger partial charge in [-0.15, -0.1) is 0 Å². The molecule has 1 aromatic rings. The van der Waals surface area contributed by atoms with Crippen LogP contribution in [0.3, 0.4) is 0 Å². The van der Waals surface area contributed by atoms with Gasteiger partial charge in [0, 0.05) is 11.8 Å². The summed E-state index contributed by atoms with van der Waals surface area (Å²) in [6.45, 7) is 7.85. The molecule has 5 nitrogen and oxygen atoms in total. The summed E-state index contributed by atoms with van der Waals surface area (Å²) in [5, 5.41) is 0. The number of amides is 1. The standard InChI is InChI=1S/C12H17BN2O3/c1-11(2)12(3,4)18-13(17-11)9-7-8(10(14)16)5-6-15-9/h5-7H,1-4H3,(H2,14,16). The summed E-state index contributed by atoms with van der Waals surface area (Å²) in [5.41, 5.74) is 5.34. The maximum absolute atomic E-state index is 11.1. The van der Waals surface area contributed by atoms with E-state index in [9.17, 15) is 4.79 Å². The molecule has 0 bridgehead atoms. The summed E-state index contributed by atoms with van der Waals surface area (Å²) >= 11 is 0. The van der Waals surface area contributed by atoms with Crippen LogP contribution in [0.2, 0.25) is 0 Å². The normalized spacial score (nSPS) is 21.0. The van der Waals surface area contributed by atoms with Crippen molar-refractivity contribution in [3.05, 3.63) is 23.9 Å². The van der Waals surface area contributed by atoms with Crippen LogP contribution in [0.4, 0.5) is 0 Å². The highest BCUT2D eigenvalue weighted by molar-refractivity contribution is 6.61. The lowest BCUT2D eigenvalue weighted by atomic mass is 9.83. The van der Waals surface area contributed by atoms with Gasteiger partial charge in [-0.05, 0) is 39.8 Å². The maximum Gasteiger partial charge on any atom is 0.514 e. The van der Waals surface area contributed by atoms with Crippen molar-refractivity contribution in [2.45, 2.75) is 38.9 Å². The van der Waals surface area contributed by atoms with E-state index in [1.807, 2.05) is 27.7 Å². The van der Waals surface area contributed by atoms with Gasteiger partial charge < -0.3 is 15.0 Å². The van der Waals surface area contributed by atoms with Gasteiger partial charge in [-0.3, -0.25) is 9.78 Å². The van der Waals surface area contributed by atoms with E-state index in [1.54, 1.807) is 12.1 Å². The number of carbonyl (C=O) groups excluding carboxylic acids is 1. The number of pyridine rings is 1. The Morgan fingerprint density at radius 1 is 1.28 bits per heavy atom. The average Bonchev–Trinajstić information content (AvgIpc) is 2.48. The Morgan fingerprint density at radius 2 is 1.83 bits per heavy atom. The largest absolute Gasteiger partial charge is 0.514 e. The third-order valence-electron chi connectivity index (χ3n) is 3.56. The molecule has 1 saturated heterocycles. The Morgan fingerprint density at radius 3 is 2.33 bits per heavy atom. The zero-order valence-electron chi connectivity index (χ0n) is 11.1. The molecule has 2 heterocycles. The summed E-state index contributed by atoms with van der Waals surface area (Å²) in [4.78, 5) is 15.3. The Hall–Kier alpha value is -1.40. The molecule has 1 aliphatic rings. The highest BCUT2D eigenvalue weighted by atomic mass is 16.7. The molecule has 1 fully saturated rings. The van der Waals surface area contributed by atoms with Crippen LogP contribution >= 0.6 is 0 Å². The van der Waals surface area contributed by atoms with Gasteiger partial charge in [0.15, 0.2) is 0 Å². The van der Waals surface area contributed by atoms with Gasteiger partial charge in [0.1, 0.15) is 0 Å². The predicted molar refractivity (Wildman–Crippen MR) is 68.5 cm³/mol. The summed E-state index contributed by atoms with van der Waals surface area (Å²) < 4.78 is 11.7. The molecule has 6 heteroatoms. The van der Waals surface area contributed by atoms with Gasteiger partial charge in [0.2, 0.25) is 5.91 Å². The van der Waals surface area contributed by atoms with E-state index >= 15 is 0 Å². The maximum atomic E-state index is 11.1. The lowest BCUT2D eigenvalue weighted by Crippen LogP contribution is -2.41. The van der Waals surface area contributed by atoms with Crippen molar-refractivity contribution >= 4 is 18.6 Å². The molecule has 96 valence electrons. The smallest absolute Gasteiger partial charge is 0.398 e. The number of aromatic nitrogens is 1. The zero-order chi connectivity index (χ0) is 13.6. The second-order valence-electron chi connectivity index (χ2n) is 5.42. The van der Waals surface area contributed by atoms with E-state index in [4.69, 9.17) is 15.0 Å². The minimum Gasteiger partial charge on any atom is -0.398 e. The van der Waals surface area contributed by atoms with Crippen LogP contribution in [0.5, 0.6) is 0 Å². The van der Waals surface area contributed by atoms with Crippen molar-refractivity contribution in [1.82, 2.24) is 4.98 Å². The summed E-state index contributed by atoms with van der Waals surface area (Å²) in [6.07, 6.45) is 1.53. The first-order valence-corrected chi connectivity index (χ1v) is 5.84. The Balaban J connectivity index is 2.30. The van der Waals surface area contributed by atoms with E-state index in [1.165, 1.54) is 6.20 Å². The lowest BCUT2D eigenvalue weighted by Gasteiger charge is -2.32. The summed E-state index contributed by atoms with van der Waals surface area (Å²) in [7, 11) is -0.575. The number of hydrogen-bond acceptors (Lipinski definition) is 4. The predicted octanol–water partition coefficient (Wildman–Crippen LogP) is 0.480. The molecule has 2 N–H and O–H groups in total. The molecule has 0 spiro atoms. The van der Waals surface area contributed by atoms with Crippen molar-refractivity contribution in [3.8, 4) is 0 Å². The molecule has 18 heavy (non-hydrogen) atoms. The molecule has 2 rings (SSSR count). The molecule has 0 aromatic carbocycles. The second-order valence-corrected chi connectivity index (χ2v) is 5.42. The minimum atomic E-state index is -0.575. The van der Waals surface area contributed by atoms with Crippen molar-refractivity contribution in [2.75, 3.05) is 0 Å². The van der Waals surface area contributed by atoms with Crippen LogP contribution in [0.1, 0.15) is 38.1 Å². The Bertz CT molecular complexity index is 472. The second kappa shape index (κ2) is 4.07. The van der Waals surface area contributed by atoms with E-state index < -0.39 is 24.2 Å². The van der Waals surface area contributed by atoms with Gasteiger partial charge in [-0.25, -0.2) is 0 Å². The van der Waals surface area contributed by atoms with Crippen LogP contribution < -0.4 is 11.3 Å². The fourth-order valence-corrected chi connectivity index (χ4v) is 1.69. The van der Waals surface area contributed by atoms with Crippen molar-refractivity contribution in [3.63, 3.8) is 0 Å². The first kappa shape index (κ1) is 13.0. The van der Waals surface area contributed by atoms with Crippen LogP contribution in [0.25, 0.3) is 0 Å². The van der Waals surface area contributed by atoms with Crippen LogP contribution in [0.15, 0.2) is 18.3 Å². The van der Waals surface area contributed by atoms with E-state index in [0.29, 0.717) is 11.2 Å². The highest BCUT2D eigenvalue weighted by Crippen LogP contribution is 2.36. The highest BCUT2D eigenvalue weighted by Gasteiger charge is 2.52. The molecule has 0 aliphatic carbocycles. The molecule has 0 atom stereocenters. The minimum absolute atomic E-state index is 0.398. The van der Waals surface area contributed by atoms with Crippen molar-refractivity contribution in [1.29, 1.82) is 0 Å². The van der Waals surface area contributed by atoms with Crippen LogP contribution in [-0.2, 0) is 9.31 Å². The Kier molecular flexibility index (Phi) is 2.95. The zero-order valence-corrected chi connectivity index (χ0v) is 11.1. The third kappa shape index (κ3) is 2.13. The molecule has 1 amide bonds. The molecule has 0 radical (unpaired) electrons. The number of primary amides is 1. The first-order valence-electron chi connectivity index (χ1n) is 5.84. The van der Waals surface area contributed by atoms with Crippen molar-refractivity contribution in [2.24, 2.45) is 5.73 Å². The fraction of sp³-hybridized carbons (Fsp3) is 0.500. The first-order chi connectivity index (χ1) is 8.23. The van der Waals surface area contributed by atoms with Gasteiger partial charge in [0.05, 0.1) is 16.8 Å². The van der Waals surface area contributed by atoms with Crippen LogP contribution in [-0.4, -0.2) is 29.2 Å². The van der Waals surface area contributed by atoms with E-state index in [0.717, 1.165) is 0 Å². The fourth-order valence-electron chi connectivity index (χ4n) is 1.69. The van der Waals surface area contributed by atoms with E-state index in [2.05, 4.69) is 4.98 Å². The monoisotopic (exact) mass is 248 g/mol.